The SMILES string of the molecule is Cc1ccc(Cl)cc1N1CCN(C(=O)C2CN(S(=O)(=O)c3cccnc3)CCC2c2ccc(F)cc2F)CC1. The summed E-state index contributed by atoms with van der Waals surface area (Å²) >= 11 is 6.21. The summed E-state index contributed by atoms with van der Waals surface area (Å²) < 4.78 is 56.6. The first-order valence-corrected chi connectivity index (χ1v) is 14.6. The smallest absolute Gasteiger partial charge is 0.244 e. The number of carbonyl (C=O) groups is 1. The number of carbonyl (C=O) groups excluding carboxylic acids is 1. The standard InChI is InChI=1S/C28H29ClF2N4O3S/c1-19-4-5-20(29)15-27(19)33-11-13-34(14-12-33)28(36)25-18-35(39(37,38)22-3-2-9-32-17-22)10-8-23(25)24-7-6-21(30)16-26(24)31/h2-7,9,15-17,23,25H,8,10-14,18H2,1H3. The maximum Gasteiger partial charge on any atom is 0.244 e. The zero-order chi connectivity index (χ0) is 27.7. The molecule has 2 aliphatic rings. The van der Waals surface area contributed by atoms with Crippen LogP contribution < -0.4 is 4.90 Å². The molecule has 2 atom stereocenters. The van der Waals surface area contributed by atoms with E-state index < -0.39 is 33.5 Å². The molecular weight excluding hydrogens is 546 g/mol. The minimum atomic E-state index is -3.91. The van der Waals surface area contributed by atoms with Gasteiger partial charge in [0.2, 0.25) is 15.9 Å². The van der Waals surface area contributed by atoms with Gasteiger partial charge >= 0.3 is 0 Å². The number of anilines is 1. The van der Waals surface area contributed by atoms with Crippen LogP contribution >= 0.6 is 11.6 Å². The molecule has 3 aromatic rings. The third-order valence-corrected chi connectivity index (χ3v) is 9.71. The highest BCUT2D eigenvalue weighted by Gasteiger charge is 2.42. The number of benzene rings is 2. The van der Waals surface area contributed by atoms with E-state index in [1.807, 2.05) is 25.1 Å². The van der Waals surface area contributed by atoms with Crippen LogP contribution in [-0.4, -0.2) is 67.8 Å². The second-order valence-corrected chi connectivity index (χ2v) is 12.3. The predicted molar refractivity (Wildman–Crippen MR) is 145 cm³/mol. The third kappa shape index (κ3) is 5.64. The summed E-state index contributed by atoms with van der Waals surface area (Å²) in [6.45, 7) is 4.00. The van der Waals surface area contributed by atoms with E-state index in [1.165, 1.54) is 41.0 Å². The van der Waals surface area contributed by atoms with E-state index in [0.29, 0.717) is 31.2 Å². The van der Waals surface area contributed by atoms with Gasteiger partial charge in [-0.2, -0.15) is 4.31 Å². The van der Waals surface area contributed by atoms with Gasteiger partial charge in [0.1, 0.15) is 16.5 Å². The van der Waals surface area contributed by atoms with Crippen LogP contribution in [0.3, 0.4) is 0 Å². The quantitative estimate of drug-likeness (QED) is 0.450. The average molecular weight is 575 g/mol. The number of piperazine rings is 1. The molecule has 2 fully saturated rings. The van der Waals surface area contributed by atoms with E-state index in [-0.39, 0.29) is 35.9 Å². The minimum Gasteiger partial charge on any atom is -0.368 e. The molecular formula is C28H29ClF2N4O3S. The van der Waals surface area contributed by atoms with E-state index in [4.69, 9.17) is 11.6 Å². The highest BCUT2D eigenvalue weighted by atomic mass is 35.5. The van der Waals surface area contributed by atoms with Crippen molar-refractivity contribution in [3.05, 3.63) is 88.7 Å². The monoisotopic (exact) mass is 574 g/mol. The molecule has 39 heavy (non-hydrogen) atoms. The fourth-order valence-corrected chi connectivity index (χ4v) is 7.15. The van der Waals surface area contributed by atoms with Gasteiger partial charge in [0.05, 0.1) is 5.92 Å². The van der Waals surface area contributed by atoms with Crippen molar-refractivity contribution in [2.24, 2.45) is 5.92 Å². The summed E-state index contributed by atoms with van der Waals surface area (Å²) in [6.07, 6.45) is 2.98. The predicted octanol–water partition coefficient (Wildman–Crippen LogP) is 4.46. The molecule has 0 spiro atoms. The fourth-order valence-electron chi connectivity index (χ4n) is 5.54. The van der Waals surface area contributed by atoms with Gasteiger partial charge in [-0.25, -0.2) is 17.2 Å². The van der Waals surface area contributed by atoms with Crippen LogP contribution in [0, 0.1) is 24.5 Å². The highest BCUT2D eigenvalue weighted by molar-refractivity contribution is 7.89. The number of pyridine rings is 1. The minimum absolute atomic E-state index is 0.0353. The second-order valence-electron chi connectivity index (χ2n) is 9.96. The van der Waals surface area contributed by atoms with E-state index in [9.17, 15) is 22.0 Å². The zero-order valence-corrected chi connectivity index (χ0v) is 23.0. The van der Waals surface area contributed by atoms with E-state index in [2.05, 4.69) is 9.88 Å². The number of aromatic nitrogens is 1. The molecule has 2 aliphatic heterocycles. The van der Waals surface area contributed by atoms with Gasteiger partial charge in [0.15, 0.2) is 0 Å². The van der Waals surface area contributed by atoms with Crippen LogP contribution in [0.1, 0.15) is 23.5 Å². The number of sulfonamides is 1. The molecule has 1 amide bonds. The van der Waals surface area contributed by atoms with Crippen LogP contribution in [0.5, 0.6) is 0 Å². The van der Waals surface area contributed by atoms with Crippen molar-refractivity contribution in [1.29, 1.82) is 0 Å². The van der Waals surface area contributed by atoms with Gasteiger partial charge in [-0.1, -0.05) is 23.7 Å². The first kappa shape index (κ1) is 27.5. The molecule has 0 radical (unpaired) electrons. The molecule has 11 heteroatoms. The van der Waals surface area contributed by atoms with Gasteiger partial charge < -0.3 is 9.80 Å². The summed E-state index contributed by atoms with van der Waals surface area (Å²) in [5.41, 5.74) is 2.31. The van der Waals surface area contributed by atoms with Gasteiger partial charge in [-0.3, -0.25) is 9.78 Å². The fraction of sp³-hybridized carbons (Fsp3) is 0.357. The van der Waals surface area contributed by atoms with Crippen LogP contribution in [-0.2, 0) is 14.8 Å². The Kier molecular flexibility index (Phi) is 7.89. The molecule has 0 aliphatic carbocycles. The second kappa shape index (κ2) is 11.2. The largest absolute Gasteiger partial charge is 0.368 e. The van der Waals surface area contributed by atoms with Gasteiger partial charge in [-0.05, 0) is 54.8 Å². The Hall–Kier alpha value is -3.08. The topological polar surface area (TPSA) is 73.8 Å². The van der Waals surface area contributed by atoms with Gasteiger partial charge in [0, 0.05) is 74.4 Å². The number of hydrogen-bond acceptors (Lipinski definition) is 5. The van der Waals surface area contributed by atoms with Crippen molar-refractivity contribution in [2.45, 2.75) is 24.2 Å². The first-order chi connectivity index (χ1) is 18.6. The van der Waals surface area contributed by atoms with Gasteiger partial charge in [0.25, 0.3) is 0 Å². The summed E-state index contributed by atoms with van der Waals surface area (Å²) in [5.74, 6) is -3.10. The third-order valence-electron chi connectivity index (χ3n) is 7.63. The Morgan fingerprint density at radius 2 is 1.79 bits per heavy atom. The van der Waals surface area contributed by atoms with Crippen LogP contribution in [0.15, 0.2) is 65.8 Å². The van der Waals surface area contributed by atoms with Crippen molar-refractivity contribution in [3.63, 3.8) is 0 Å². The summed E-state index contributed by atoms with van der Waals surface area (Å²) in [7, 11) is -3.91. The van der Waals surface area contributed by atoms with Crippen LogP contribution in [0.4, 0.5) is 14.5 Å². The van der Waals surface area contributed by atoms with Crippen LogP contribution in [0.2, 0.25) is 5.02 Å². The van der Waals surface area contributed by atoms with Crippen molar-refractivity contribution in [1.82, 2.24) is 14.2 Å². The van der Waals surface area contributed by atoms with Crippen molar-refractivity contribution in [2.75, 3.05) is 44.2 Å². The molecule has 3 heterocycles. The maximum atomic E-state index is 14.9. The lowest BCUT2D eigenvalue weighted by atomic mass is 9.80. The van der Waals surface area contributed by atoms with Crippen molar-refractivity contribution in [3.8, 4) is 0 Å². The normalized spacial score (nSPS) is 20.7. The Morgan fingerprint density at radius 1 is 1.03 bits per heavy atom. The molecule has 2 aromatic carbocycles. The average Bonchev–Trinajstić information content (AvgIpc) is 2.94. The lowest BCUT2D eigenvalue weighted by molar-refractivity contribution is -0.137. The van der Waals surface area contributed by atoms with Gasteiger partial charge in [-0.15, -0.1) is 0 Å². The highest BCUT2D eigenvalue weighted by Crippen LogP contribution is 2.38. The number of aryl methyl sites for hydroxylation is 1. The number of rotatable bonds is 5. The summed E-state index contributed by atoms with van der Waals surface area (Å²) in [4.78, 5) is 21.8. The number of nitrogens with zero attached hydrogens (tertiary/aromatic N) is 4. The summed E-state index contributed by atoms with van der Waals surface area (Å²) in [5, 5.41) is 0.635. The Balaban J connectivity index is 1.40. The molecule has 7 nitrogen and oxygen atoms in total. The summed E-state index contributed by atoms with van der Waals surface area (Å²) in [6, 6.07) is 12.0. The first-order valence-electron chi connectivity index (χ1n) is 12.8. The Morgan fingerprint density at radius 3 is 2.49 bits per heavy atom. The lowest BCUT2D eigenvalue weighted by Crippen LogP contribution is -2.54. The molecule has 1 aromatic heterocycles. The molecule has 0 bridgehead atoms. The Bertz CT molecular complexity index is 1470. The van der Waals surface area contributed by atoms with E-state index in [1.54, 1.807) is 4.90 Å². The Labute approximate surface area is 232 Å². The molecule has 0 N–H and O–H groups in total. The zero-order valence-electron chi connectivity index (χ0n) is 21.4. The molecule has 0 saturated carbocycles. The van der Waals surface area contributed by atoms with Crippen LogP contribution in [0.25, 0.3) is 0 Å². The number of halogens is 3. The van der Waals surface area contributed by atoms with Crippen molar-refractivity contribution >= 4 is 33.2 Å². The van der Waals surface area contributed by atoms with Crippen molar-refractivity contribution < 1.29 is 22.0 Å². The molecule has 2 unspecified atom stereocenters. The number of piperidine rings is 1. The number of hydrogen-bond donors (Lipinski definition) is 0. The lowest BCUT2D eigenvalue weighted by Gasteiger charge is -2.42. The number of amides is 1. The molecule has 2 saturated heterocycles. The molecule has 206 valence electrons. The van der Waals surface area contributed by atoms with E-state index >= 15 is 0 Å². The molecule has 5 rings (SSSR count). The maximum absolute atomic E-state index is 14.9. The van der Waals surface area contributed by atoms with E-state index in [0.717, 1.165) is 17.3 Å².